The summed E-state index contributed by atoms with van der Waals surface area (Å²) in [6.07, 6.45) is 1.24. The summed E-state index contributed by atoms with van der Waals surface area (Å²) in [4.78, 5) is 2.45. The van der Waals surface area contributed by atoms with E-state index in [1.54, 1.807) is 0 Å². The van der Waals surface area contributed by atoms with Crippen LogP contribution >= 0.6 is 0 Å². The second kappa shape index (κ2) is 4.13. The average molecular weight is 231 g/mol. The Hall–Kier alpha value is -0.820. The molecule has 17 heavy (non-hydrogen) atoms. The fourth-order valence-electron chi connectivity index (χ4n) is 3.74. The zero-order chi connectivity index (χ0) is 12.7. The van der Waals surface area contributed by atoms with Crippen molar-refractivity contribution in [3.63, 3.8) is 0 Å². The second-order valence-electron chi connectivity index (χ2n) is 7.05. The maximum atomic E-state index is 2.45. The van der Waals surface area contributed by atoms with Crippen LogP contribution in [-0.4, -0.2) is 18.5 Å². The van der Waals surface area contributed by atoms with Crippen molar-refractivity contribution in [2.24, 2.45) is 5.41 Å². The number of benzene rings is 1. The lowest BCUT2D eigenvalue weighted by atomic mass is 9.69. The number of hydrogen-bond donors (Lipinski definition) is 0. The van der Waals surface area contributed by atoms with Gasteiger partial charge < -0.3 is 4.90 Å². The zero-order valence-electron chi connectivity index (χ0n) is 11.9. The first-order valence-corrected chi connectivity index (χ1v) is 6.57. The quantitative estimate of drug-likeness (QED) is 0.656. The summed E-state index contributed by atoms with van der Waals surface area (Å²) in [6.45, 7) is 11.8. The van der Waals surface area contributed by atoms with E-state index in [1.807, 2.05) is 0 Å². The van der Waals surface area contributed by atoms with E-state index in [0.717, 1.165) is 6.54 Å². The van der Waals surface area contributed by atoms with Crippen LogP contribution in [0.25, 0.3) is 0 Å². The van der Waals surface area contributed by atoms with E-state index in [2.05, 4.69) is 63.9 Å². The third-order valence-corrected chi connectivity index (χ3v) is 3.81. The number of fused-ring (bicyclic) bond motifs is 1. The van der Waals surface area contributed by atoms with Crippen LogP contribution in [0.4, 0.5) is 0 Å². The molecule has 2 rings (SSSR count). The molecule has 0 bridgehead atoms. The lowest BCUT2D eigenvalue weighted by Crippen LogP contribution is -2.39. The summed E-state index contributed by atoms with van der Waals surface area (Å²) in [7, 11) is 2.23. The summed E-state index contributed by atoms with van der Waals surface area (Å²) in [5, 5.41) is 0. The monoisotopic (exact) mass is 231 g/mol. The van der Waals surface area contributed by atoms with Gasteiger partial charge in [-0.05, 0) is 35.4 Å². The first kappa shape index (κ1) is 12.6. The van der Waals surface area contributed by atoms with E-state index in [0.29, 0.717) is 5.41 Å². The van der Waals surface area contributed by atoms with E-state index in [-0.39, 0.29) is 5.41 Å². The highest BCUT2D eigenvalue weighted by Gasteiger charge is 2.34. The van der Waals surface area contributed by atoms with Gasteiger partial charge in [-0.25, -0.2) is 0 Å². The molecule has 1 heterocycles. The first-order valence-electron chi connectivity index (χ1n) is 6.57. The minimum absolute atomic E-state index is 0.279. The molecule has 0 amide bonds. The predicted molar refractivity (Wildman–Crippen MR) is 74.2 cm³/mol. The van der Waals surface area contributed by atoms with E-state index in [9.17, 15) is 0 Å². The standard InChI is InChI=1S/C16H25N/c1-15(2)11-16(3,4)14-9-7-6-8-13(14)10-17(5)12-15/h6-9H,10-12H2,1-5H3. The van der Waals surface area contributed by atoms with Gasteiger partial charge in [0.05, 0.1) is 0 Å². The van der Waals surface area contributed by atoms with E-state index in [1.165, 1.54) is 24.1 Å². The lowest BCUT2D eigenvalue weighted by Gasteiger charge is -2.41. The van der Waals surface area contributed by atoms with Crippen molar-refractivity contribution in [3.8, 4) is 0 Å². The van der Waals surface area contributed by atoms with Crippen molar-refractivity contribution in [1.29, 1.82) is 0 Å². The number of hydrogen-bond acceptors (Lipinski definition) is 1. The van der Waals surface area contributed by atoms with Crippen molar-refractivity contribution in [2.45, 2.75) is 46.1 Å². The third-order valence-electron chi connectivity index (χ3n) is 3.81. The molecule has 0 atom stereocenters. The summed E-state index contributed by atoms with van der Waals surface area (Å²) in [6, 6.07) is 8.93. The van der Waals surface area contributed by atoms with Gasteiger partial charge in [0.1, 0.15) is 0 Å². The van der Waals surface area contributed by atoms with Gasteiger partial charge in [0.15, 0.2) is 0 Å². The smallest absolute Gasteiger partial charge is 0.0233 e. The van der Waals surface area contributed by atoms with Crippen LogP contribution in [0.1, 0.15) is 45.2 Å². The molecular formula is C16H25N. The maximum absolute atomic E-state index is 2.45. The van der Waals surface area contributed by atoms with Crippen LogP contribution in [0.3, 0.4) is 0 Å². The van der Waals surface area contributed by atoms with Gasteiger partial charge >= 0.3 is 0 Å². The van der Waals surface area contributed by atoms with Crippen LogP contribution in [0.15, 0.2) is 24.3 Å². The topological polar surface area (TPSA) is 3.24 Å². The highest BCUT2D eigenvalue weighted by molar-refractivity contribution is 5.34. The summed E-state index contributed by atoms with van der Waals surface area (Å²) < 4.78 is 0. The van der Waals surface area contributed by atoms with Crippen LogP contribution in [-0.2, 0) is 12.0 Å². The molecule has 0 fully saturated rings. The normalized spacial score (nSPS) is 23.6. The molecule has 1 heteroatoms. The molecule has 1 aliphatic rings. The Kier molecular flexibility index (Phi) is 3.07. The molecule has 0 saturated carbocycles. The number of nitrogens with zero attached hydrogens (tertiary/aromatic N) is 1. The fourth-order valence-corrected chi connectivity index (χ4v) is 3.74. The molecular weight excluding hydrogens is 206 g/mol. The summed E-state index contributed by atoms with van der Waals surface area (Å²) in [5.41, 5.74) is 3.68. The highest BCUT2D eigenvalue weighted by Crippen LogP contribution is 2.40. The Balaban J connectivity index is 2.47. The molecule has 0 saturated heterocycles. The van der Waals surface area contributed by atoms with Crippen molar-refractivity contribution < 1.29 is 0 Å². The van der Waals surface area contributed by atoms with Crippen molar-refractivity contribution >= 4 is 0 Å². The maximum Gasteiger partial charge on any atom is 0.0233 e. The van der Waals surface area contributed by atoms with Gasteiger partial charge in [-0.15, -0.1) is 0 Å². The molecule has 0 spiro atoms. The highest BCUT2D eigenvalue weighted by atomic mass is 15.1. The van der Waals surface area contributed by atoms with Crippen molar-refractivity contribution in [2.75, 3.05) is 13.6 Å². The van der Waals surface area contributed by atoms with E-state index < -0.39 is 0 Å². The fraction of sp³-hybridized carbons (Fsp3) is 0.625. The summed E-state index contributed by atoms with van der Waals surface area (Å²) in [5.74, 6) is 0. The molecule has 1 aromatic rings. The molecule has 0 radical (unpaired) electrons. The zero-order valence-corrected chi connectivity index (χ0v) is 11.9. The Morgan fingerprint density at radius 1 is 1.06 bits per heavy atom. The molecule has 1 aromatic carbocycles. The molecule has 1 nitrogen and oxygen atoms in total. The molecule has 94 valence electrons. The number of rotatable bonds is 0. The predicted octanol–water partition coefficient (Wildman–Crippen LogP) is 3.83. The minimum Gasteiger partial charge on any atom is -0.302 e. The van der Waals surface area contributed by atoms with Crippen LogP contribution in [0.2, 0.25) is 0 Å². The lowest BCUT2D eigenvalue weighted by molar-refractivity contribution is 0.152. The Bertz CT molecular complexity index is 404. The van der Waals surface area contributed by atoms with E-state index in [4.69, 9.17) is 0 Å². The summed E-state index contributed by atoms with van der Waals surface area (Å²) >= 11 is 0. The van der Waals surface area contributed by atoms with Crippen molar-refractivity contribution in [3.05, 3.63) is 35.4 Å². The van der Waals surface area contributed by atoms with Crippen LogP contribution < -0.4 is 0 Å². The Labute approximate surface area is 106 Å². The molecule has 0 aromatic heterocycles. The van der Waals surface area contributed by atoms with Crippen molar-refractivity contribution in [1.82, 2.24) is 4.90 Å². The Morgan fingerprint density at radius 2 is 1.71 bits per heavy atom. The molecule has 0 N–H and O–H groups in total. The molecule has 1 aliphatic heterocycles. The van der Waals surface area contributed by atoms with Gasteiger partial charge in [0.2, 0.25) is 0 Å². The van der Waals surface area contributed by atoms with Crippen LogP contribution in [0, 0.1) is 5.41 Å². The minimum atomic E-state index is 0.279. The second-order valence-corrected chi connectivity index (χ2v) is 7.05. The van der Waals surface area contributed by atoms with Gasteiger partial charge in [-0.3, -0.25) is 0 Å². The van der Waals surface area contributed by atoms with E-state index >= 15 is 0 Å². The van der Waals surface area contributed by atoms with Gasteiger partial charge in [-0.1, -0.05) is 52.0 Å². The first-order chi connectivity index (χ1) is 7.80. The molecule has 0 unspecified atom stereocenters. The average Bonchev–Trinajstić information content (AvgIpc) is 2.13. The Morgan fingerprint density at radius 3 is 2.41 bits per heavy atom. The third kappa shape index (κ3) is 2.71. The van der Waals surface area contributed by atoms with Gasteiger partial charge in [0.25, 0.3) is 0 Å². The SMILES string of the molecule is CN1Cc2ccccc2C(C)(C)CC(C)(C)C1. The van der Waals surface area contributed by atoms with Gasteiger partial charge in [-0.2, -0.15) is 0 Å². The van der Waals surface area contributed by atoms with Gasteiger partial charge in [0, 0.05) is 13.1 Å². The molecule has 0 aliphatic carbocycles. The largest absolute Gasteiger partial charge is 0.302 e. The van der Waals surface area contributed by atoms with Crippen LogP contribution in [0.5, 0.6) is 0 Å².